The summed E-state index contributed by atoms with van der Waals surface area (Å²) < 4.78 is 42.2. The van der Waals surface area contributed by atoms with Gasteiger partial charge in [0.1, 0.15) is 30.5 Å². The number of benzene rings is 2. The number of aryl methyl sites for hydroxylation is 1. The van der Waals surface area contributed by atoms with Crippen molar-refractivity contribution >= 4 is 22.7 Å². The molecule has 4 aliphatic heterocycles. The van der Waals surface area contributed by atoms with E-state index >= 15 is 4.39 Å². The molecule has 5 aliphatic rings. The highest BCUT2D eigenvalue weighted by atomic mass is 19.1. The molecule has 0 amide bonds. The maximum atomic E-state index is 16.1. The Morgan fingerprint density at radius 1 is 1.12 bits per heavy atom. The number of aromatic nitrogens is 2. The molecule has 0 spiro atoms. The van der Waals surface area contributed by atoms with Gasteiger partial charge in [-0.1, -0.05) is 25.1 Å². The fourth-order valence-electron chi connectivity index (χ4n) is 8.32. The summed E-state index contributed by atoms with van der Waals surface area (Å²) in [6, 6.07) is 9.80. The van der Waals surface area contributed by atoms with Crippen LogP contribution in [0, 0.1) is 11.7 Å². The molecule has 7 nitrogen and oxygen atoms in total. The van der Waals surface area contributed by atoms with Gasteiger partial charge in [-0.05, 0) is 79.8 Å². The van der Waals surface area contributed by atoms with Crippen LogP contribution in [-0.4, -0.2) is 71.4 Å². The number of nitrogens with zero attached hydrogens (tertiary/aromatic N) is 4. The Bertz CT molecular complexity index is 1580. The third kappa shape index (κ3) is 4.18. The minimum atomic E-state index is -0.849. The van der Waals surface area contributed by atoms with Crippen molar-refractivity contribution in [2.24, 2.45) is 5.92 Å². The SMILES string of the molecule is CC1CCCc2cccc(-c3cc4nc(OC[C@@]56CCCN5C[C@H](F)C6)nc(N5CC[C@H]6C(=O)O[C@H]6C5)c4cc3F)c21. The molecule has 9 heteroatoms. The molecule has 1 aliphatic carbocycles. The average Bonchev–Trinajstić information content (AvgIpc) is 3.50. The Labute approximate surface area is 244 Å². The van der Waals surface area contributed by atoms with Crippen LogP contribution in [0.4, 0.5) is 14.6 Å². The van der Waals surface area contributed by atoms with Crippen LogP contribution >= 0.6 is 0 Å². The zero-order chi connectivity index (χ0) is 28.6. The van der Waals surface area contributed by atoms with Crippen LogP contribution in [-0.2, 0) is 16.0 Å². The summed E-state index contributed by atoms with van der Waals surface area (Å²) >= 11 is 0. The van der Waals surface area contributed by atoms with E-state index in [2.05, 4.69) is 22.8 Å². The highest BCUT2D eigenvalue weighted by Crippen LogP contribution is 2.43. The molecule has 5 heterocycles. The molecule has 4 fully saturated rings. The Hall–Kier alpha value is -3.33. The number of hydrogen-bond acceptors (Lipinski definition) is 7. The van der Waals surface area contributed by atoms with Crippen LogP contribution in [0.5, 0.6) is 6.01 Å². The summed E-state index contributed by atoms with van der Waals surface area (Å²) in [5.41, 5.74) is 4.25. The summed E-state index contributed by atoms with van der Waals surface area (Å²) in [7, 11) is 0. The fourth-order valence-corrected chi connectivity index (χ4v) is 8.32. The largest absolute Gasteiger partial charge is 0.461 e. The smallest absolute Gasteiger partial charge is 0.319 e. The van der Waals surface area contributed by atoms with Gasteiger partial charge in [-0.3, -0.25) is 9.69 Å². The van der Waals surface area contributed by atoms with E-state index in [1.165, 1.54) is 11.1 Å². The number of ether oxygens (including phenoxy) is 2. The topological polar surface area (TPSA) is 67.8 Å². The lowest BCUT2D eigenvalue weighted by atomic mass is 9.79. The number of piperidine rings is 1. The number of alkyl halides is 1. The normalized spacial score (nSPS) is 30.5. The summed E-state index contributed by atoms with van der Waals surface area (Å²) in [5, 5.41) is 0.607. The number of carbonyl (C=O) groups excluding carboxylic acids is 1. The van der Waals surface area contributed by atoms with Gasteiger partial charge in [-0.15, -0.1) is 0 Å². The zero-order valence-corrected chi connectivity index (χ0v) is 24.0. The van der Waals surface area contributed by atoms with Crippen LogP contribution in [0.15, 0.2) is 30.3 Å². The first-order valence-electron chi connectivity index (χ1n) is 15.5. The molecule has 220 valence electrons. The molecule has 4 saturated heterocycles. The predicted octanol–water partition coefficient (Wildman–Crippen LogP) is 5.58. The van der Waals surface area contributed by atoms with Crippen molar-refractivity contribution in [3.8, 4) is 17.1 Å². The summed E-state index contributed by atoms with van der Waals surface area (Å²) in [6.07, 6.45) is 5.24. The second-order valence-corrected chi connectivity index (χ2v) is 13.0. The number of rotatable bonds is 5. The van der Waals surface area contributed by atoms with Gasteiger partial charge in [0.2, 0.25) is 0 Å². The second-order valence-electron chi connectivity index (χ2n) is 13.0. The monoisotopic (exact) mass is 574 g/mol. The first-order valence-corrected chi connectivity index (χ1v) is 15.5. The molecule has 1 unspecified atom stereocenters. The quantitative estimate of drug-likeness (QED) is 0.369. The number of fused-ring (bicyclic) bond motifs is 4. The van der Waals surface area contributed by atoms with E-state index in [9.17, 15) is 9.18 Å². The van der Waals surface area contributed by atoms with Crippen molar-refractivity contribution in [3.05, 3.63) is 47.3 Å². The highest BCUT2D eigenvalue weighted by molar-refractivity contribution is 5.94. The summed E-state index contributed by atoms with van der Waals surface area (Å²) in [5.74, 6) is 0.405. The molecule has 5 atom stereocenters. The molecular formula is C33H36F2N4O3. The summed E-state index contributed by atoms with van der Waals surface area (Å²) in [4.78, 5) is 25.8. The van der Waals surface area contributed by atoms with Crippen molar-refractivity contribution in [2.45, 2.75) is 75.6 Å². The lowest BCUT2D eigenvalue weighted by Crippen LogP contribution is -2.56. The predicted molar refractivity (Wildman–Crippen MR) is 155 cm³/mol. The second kappa shape index (κ2) is 9.86. The van der Waals surface area contributed by atoms with Gasteiger partial charge in [0.25, 0.3) is 0 Å². The van der Waals surface area contributed by atoms with Crippen LogP contribution < -0.4 is 9.64 Å². The Kier molecular flexibility index (Phi) is 6.18. The Balaban J connectivity index is 1.21. The van der Waals surface area contributed by atoms with Gasteiger partial charge in [0.15, 0.2) is 0 Å². The van der Waals surface area contributed by atoms with E-state index in [-0.39, 0.29) is 35.4 Å². The van der Waals surface area contributed by atoms with Gasteiger partial charge in [-0.25, -0.2) is 8.78 Å². The minimum absolute atomic E-state index is 0.0804. The van der Waals surface area contributed by atoms with E-state index in [0.29, 0.717) is 67.3 Å². The maximum Gasteiger partial charge on any atom is 0.319 e. The number of carbonyl (C=O) groups is 1. The lowest BCUT2D eigenvalue weighted by Gasteiger charge is -2.44. The number of halogens is 2. The van der Waals surface area contributed by atoms with Gasteiger partial charge in [0, 0.05) is 30.5 Å². The van der Waals surface area contributed by atoms with E-state index in [0.717, 1.165) is 44.2 Å². The first kappa shape index (κ1) is 26.3. The zero-order valence-electron chi connectivity index (χ0n) is 24.0. The van der Waals surface area contributed by atoms with Gasteiger partial charge in [0.05, 0.1) is 23.5 Å². The first-order chi connectivity index (χ1) is 20.4. The third-order valence-electron chi connectivity index (χ3n) is 10.5. The average molecular weight is 575 g/mol. The van der Waals surface area contributed by atoms with Crippen LogP contribution in [0.25, 0.3) is 22.0 Å². The van der Waals surface area contributed by atoms with Crippen LogP contribution in [0.3, 0.4) is 0 Å². The molecule has 2 aromatic carbocycles. The lowest BCUT2D eigenvalue weighted by molar-refractivity contribution is -0.185. The number of hydrogen-bond donors (Lipinski definition) is 0. The van der Waals surface area contributed by atoms with E-state index in [1.54, 1.807) is 6.07 Å². The van der Waals surface area contributed by atoms with Crippen LogP contribution in [0.1, 0.15) is 62.5 Å². The van der Waals surface area contributed by atoms with Crippen LogP contribution in [0.2, 0.25) is 0 Å². The molecule has 3 aromatic rings. The van der Waals surface area contributed by atoms with Crippen molar-refractivity contribution in [2.75, 3.05) is 37.7 Å². The summed E-state index contributed by atoms with van der Waals surface area (Å²) in [6.45, 7) is 4.97. The standard InChI is InChI=1S/C33H36F2N4O3/c1-19-5-2-6-20-7-3-8-22(29(19)20)24-14-27-25(13-26(24)35)30(38-12-9-23-28(17-38)42-31(23)40)37-32(36-27)41-18-33-10-4-11-39(33)16-21(34)15-33/h3,7-8,13-14,19,21,23,28H,2,4-6,9-12,15-18H2,1H3/t19?,21-,23-,28+,33+/m1/s1. The maximum absolute atomic E-state index is 16.1. The molecule has 8 rings (SSSR count). The minimum Gasteiger partial charge on any atom is -0.461 e. The van der Waals surface area contributed by atoms with E-state index < -0.39 is 6.17 Å². The number of anilines is 1. The molecule has 42 heavy (non-hydrogen) atoms. The molecule has 0 radical (unpaired) electrons. The van der Waals surface area contributed by atoms with Gasteiger partial charge < -0.3 is 14.4 Å². The third-order valence-corrected chi connectivity index (χ3v) is 10.5. The van der Waals surface area contributed by atoms with Crippen molar-refractivity contribution in [3.63, 3.8) is 0 Å². The van der Waals surface area contributed by atoms with Crippen molar-refractivity contribution in [1.29, 1.82) is 0 Å². The van der Waals surface area contributed by atoms with Gasteiger partial charge >= 0.3 is 12.0 Å². The number of esters is 1. The molecule has 1 aromatic heterocycles. The Morgan fingerprint density at radius 3 is 2.88 bits per heavy atom. The molecule has 0 bridgehead atoms. The molecular weight excluding hydrogens is 538 g/mol. The van der Waals surface area contributed by atoms with E-state index in [1.807, 2.05) is 18.2 Å². The van der Waals surface area contributed by atoms with Gasteiger partial charge in [-0.2, -0.15) is 9.97 Å². The fraction of sp³-hybridized carbons (Fsp3) is 0.545. The van der Waals surface area contributed by atoms with Crippen molar-refractivity contribution < 1.29 is 23.0 Å². The molecule has 0 N–H and O–H groups in total. The van der Waals surface area contributed by atoms with E-state index in [4.69, 9.17) is 19.4 Å². The highest BCUT2D eigenvalue weighted by Gasteiger charge is 2.50. The van der Waals surface area contributed by atoms with Crippen molar-refractivity contribution in [1.82, 2.24) is 14.9 Å². The molecule has 0 saturated carbocycles. The Morgan fingerprint density at radius 2 is 2.02 bits per heavy atom.